The van der Waals surface area contributed by atoms with Gasteiger partial charge in [0, 0.05) is 48.2 Å². The van der Waals surface area contributed by atoms with Gasteiger partial charge < -0.3 is 14.2 Å². The first-order valence-corrected chi connectivity index (χ1v) is 13.6. The topological polar surface area (TPSA) is 118 Å². The number of carbonyl (C=O) groups is 1. The van der Waals surface area contributed by atoms with Crippen LogP contribution < -0.4 is 9.47 Å². The van der Waals surface area contributed by atoms with Gasteiger partial charge in [0.2, 0.25) is 0 Å². The monoisotopic (exact) mass is 546 g/mol. The van der Waals surface area contributed by atoms with Crippen molar-refractivity contribution in [2.24, 2.45) is 18.0 Å². The van der Waals surface area contributed by atoms with E-state index in [1.807, 2.05) is 25.2 Å². The zero-order valence-corrected chi connectivity index (χ0v) is 23.3. The molecule has 40 heavy (non-hydrogen) atoms. The number of para-hydroxylation sites is 1. The van der Waals surface area contributed by atoms with E-state index in [0.29, 0.717) is 35.0 Å². The van der Waals surface area contributed by atoms with Crippen molar-refractivity contribution in [3.05, 3.63) is 75.0 Å². The molecule has 1 aliphatic carbocycles. The molecule has 0 spiro atoms. The van der Waals surface area contributed by atoms with E-state index in [4.69, 9.17) is 24.3 Å². The number of hydrogen-bond donors (Lipinski definition) is 0. The number of carbonyl (C=O) groups excluding carboxylic acids is 1. The van der Waals surface area contributed by atoms with Gasteiger partial charge in [-0.3, -0.25) is 19.6 Å². The third kappa shape index (κ3) is 5.05. The third-order valence-electron chi connectivity index (χ3n) is 8.01. The van der Waals surface area contributed by atoms with Crippen molar-refractivity contribution < 1.29 is 23.9 Å². The van der Waals surface area contributed by atoms with E-state index in [1.165, 1.54) is 6.07 Å². The Morgan fingerprint density at radius 1 is 1.10 bits per heavy atom. The van der Waals surface area contributed by atoms with Gasteiger partial charge in [0.15, 0.2) is 17.3 Å². The van der Waals surface area contributed by atoms with Crippen LogP contribution in [0.1, 0.15) is 66.8 Å². The van der Waals surface area contributed by atoms with Crippen LogP contribution in [-0.2, 0) is 23.0 Å². The second-order valence-corrected chi connectivity index (χ2v) is 10.4. The number of ether oxygens (including phenoxy) is 3. The van der Waals surface area contributed by atoms with Gasteiger partial charge >= 0.3 is 5.97 Å². The normalized spacial score (nSPS) is 18.6. The largest absolute Gasteiger partial charge is 0.493 e. The summed E-state index contributed by atoms with van der Waals surface area (Å²) in [6.45, 7) is 1.92. The summed E-state index contributed by atoms with van der Waals surface area (Å²) in [4.78, 5) is 30.3. The summed E-state index contributed by atoms with van der Waals surface area (Å²) < 4.78 is 18.3. The van der Waals surface area contributed by atoms with Crippen LogP contribution in [0.5, 0.6) is 11.5 Å². The van der Waals surface area contributed by atoms with Crippen molar-refractivity contribution in [2.45, 2.75) is 50.9 Å². The molecule has 0 saturated heterocycles. The number of nitro groups is 1. The molecule has 0 amide bonds. The van der Waals surface area contributed by atoms with Crippen LogP contribution >= 0.6 is 0 Å². The first kappa shape index (κ1) is 27.4. The highest BCUT2D eigenvalue weighted by molar-refractivity contribution is 6.05. The van der Waals surface area contributed by atoms with Crippen molar-refractivity contribution in [1.82, 2.24) is 9.78 Å². The molecule has 2 unspecified atom stereocenters. The molecule has 0 N–H and O–H groups in total. The molecule has 1 aliphatic heterocycles. The van der Waals surface area contributed by atoms with E-state index < -0.39 is 17.8 Å². The number of aliphatic imine (C=N–C) groups is 1. The smallest absolute Gasteiger partial charge is 0.315 e. The molecule has 2 aromatic carbocycles. The Labute approximate surface area is 233 Å². The number of nitrogens with zero attached hydrogens (tertiary/aromatic N) is 4. The lowest BCUT2D eigenvalue weighted by atomic mass is 9.74. The minimum absolute atomic E-state index is 0.0301. The van der Waals surface area contributed by atoms with Crippen molar-refractivity contribution in [3.8, 4) is 11.5 Å². The molecular formula is C30H34N4O6. The van der Waals surface area contributed by atoms with Crippen LogP contribution in [0.2, 0.25) is 0 Å². The van der Waals surface area contributed by atoms with Gasteiger partial charge in [-0.05, 0) is 37.5 Å². The first-order valence-electron chi connectivity index (χ1n) is 13.6. The molecule has 2 heterocycles. The predicted octanol–water partition coefficient (Wildman–Crippen LogP) is 5.64. The molecule has 1 saturated carbocycles. The summed E-state index contributed by atoms with van der Waals surface area (Å²) >= 11 is 0. The number of rotatable bonds is 9. The summed E-state index contributed by atoms with van der Waals surface area (Å²) in [5.41, 5.74) is 3.60. The molecule has 10 nitrogen and oxygen atoms in total. The Kier molecular flexibility index (Phi) is 7.86. The minimum atomic E-state index is -0.816. The molecule has 3 aromatic rings. The molecule has 210 valence electrons. The molecule has 0 radical (unpaired) electrons. The van der Waals surface area contributed by atoms with Crippen LogP contribution in [0.25, 0.3) is 0 Å². The van der Waals surface area contributed by atoms with E-state index in [-0.39, 0.29) is 23.1 Å². The lowest BCUT2D eigenvalue weighted by Crippen LogP contribution is -2.34. The summed E-state index contributed by atoms with van der Waals surface area (Å²) in [6, 6.07) is 12.2. The van der Waals surface area contributed by atoms with Gasteiger partial charge in [0.25, 0.3) is 5.69 Å². The summed E-state index contributed by atoms with van der Waals surface area (Å²) in [7, 11) is 4.99. The highest BCUT2D eigenvalue weighted by Crippen LogP contribution is 2.50. The van der Waals surface area contributed by atoms with E-state index >= 15 is 0 Å². The van der Waals surface area contributed by atoms with Gasteiger partial charge in [-0.25, -0.2) is 4.99 Å². The lowest BCUT2D eigenvalue weighted by molar-refractivity contribution is -0.385. The highest BCUT2D eigenvalue weighted by Gasteiger charge is 2.45. The molecule has 10 heteroatoms. The van der Waals surface area contributed by atoms with Gasteiger partial charge in [0.05, 0.1) is 31.4 Å². The molecule has 2 atom stereocenters. The second kappa shape index (κ2) is 11.5. The Hall–Kier alpha value is -4.21. The minimum Gasteiger partial charge on any atom is -0.493 e. The summed E-state index contributed by atoms with van der Waals surface area (Å²) in [6.07, 6.45) is 4.68. The number of methoxy groups -OCH3 is 2. The molecule has 2 aliphatic rings. The van der Waals surface area contributed by atoms with Gasteiger partial charge in [-0.1, -0.05) is 37.1 Å². The second-order valence-electron chi connectivity index (χ2n) is 10.4. The molecule has 1 fully saturated rings. The van der Waals surface area contributed by atoms with Crippen LogP contribution in [0.3, 0.4) is 0 Å². The van der Waals surface area contributed by atoms with Crippen LogP contribution in [0.15, 0.2) is 47.5 Å². The van der Waals surface area contributed by atoms with Crippen LogP contribution in [-0.4, -0.2) is 47.2 Å². The number of nitro benzene ring substituents is 1. The van der Waals surface area contributed by atoms with Crippen LogP contribution in [0.4, 0.5) is 11.5 Å². The van der Waals surface area contributed by atoms with Crippen molar-refractivity contribution in [1.29, 1.82) is 0 Å². The number of esters is 1. The predicted molar refractivity (Wildman–Crippen MR) is 150 cm³/mol. The Balaban J connectivity index is 1.50. The highest BCUT2D eigenvalue weighted by atomic mass is 16.6. The molecule has 0 bridgehead atoms. The zero-order chi connectivity index (χ0) is 28.4. The number of fused-ring (bicyclic) bond motifs is 1. The molecule has 1 aromatic heterocycles. The molecule has 5 rings (SSSR count). The fourth-order valence-electron chi connectivity index (χ4n) is 6.08. The van der Waals surface area contributed by atoms with Crippen molar-refractivity contribution in [3.63, 3.8) is 0 Å². The average Bonchev–Trinajstić information content (AvgIpc) is 3.60. The van der Waals surface area contributed by atoms with Crippen molar-refractivity contribution in [2.75, 3.05) is 20.8 Å². The van der Waals surface area contributed by atoms with Gasteiger partial charge in [0.1, 0.15) is 5.92 Å². The van der Waals surface area contributed by atoms with Gasteiger partial charge in [-0.15, -0.1) is 0 Å². The Bertz CT molecular complexity index is 1460. The third-order valence-corrected chi connectivity index (χ3v) is 8.01. The maximum Gasteiger partial charge on any atom is 0.315 e. The Morgan fingerprint density at radius 2 is 1.82 bits per heavy atom. The van der Waals surface area contributed by atoms with Crippen molar-refractivity contribution >= 4 is 23.2 Å². The standard InChI is InChI=1S/C30H34N4O6/c1-18-25(30(35)40-16-15-19-13-14-23(38-3)24(17-19)39-4)26(21-11-7-8-12-22(21)34(36)37)27-28(20-9-5-6-10-20)32-33(2)29(27)31-18/h7-8,11-14,17,20,25-26H,5-6,9-10,15-16H2,1-4H3. The quantitative estimate of drug-likeness (QED) is 0.193. The fraction of sp³-hybridized carbons (Fsp3) is 0.433. The van der Waals surface area contributed by atoms with Crippen LogP contribution in [0, 0.1) is 16.0 Å². The number of aromatic nitrogens is 2. The number of hydrogen-bond acceptors (Lipinski definition) is 8. The van der Waals surface area contributed by atoms with E-state index in [9.17, 15) is 14.9 Å². The maximum atomic E-state index is 13.8. The Morgan fingerprint density at radius 3 is 2.52 bits per heavy atom. The summed E-state index contributed by atoms with van der Waals surface area (Å²) in [5, 5.41) is 17.0. The zero-order valence-electron chi connectivity index (χ0n) is 23.3. The SMILES string of the molecule is COc1ccc(CCOC(=O)C2C(C)=Nc3c(c(C4CCCC4)nn3C)C2c2ccccc2[N+](=O)[O-])cc1OC. The van der Waals surface area contributed by atoms with E-state index in [1.54, 1.807) is 44.0 Å². The average molecular weight is 547 g/mol. The van der Waals surface area contributed by atoms with E-state index in [2.05, 4.69) is 0 Å². The number of benzene rings is 2. The first-order chi connectivity index (χ1) is 19.3. The molecular weight excluding hydrogens is 512 g/mol. The van der Waals surface area contributed by atoms with Gasteiger partial charge in [-0.2, -0.15) is 5.10 Å². The number of aryl methyl sites for hydroxylation is 1. The maximum absolute atomic E-state index is 13.8. The van der Waals surface area contributed by atoms with E-state index in [0.717, 1.165) is 42.5 Å². The lowest BCUT2D eigenvalue weighted by Gasteiger charge is -2.30. The fourth-order valence-corrected chi connectivity index (χ4v) is 6.08. The summed E-state index contributed by atoms with van der Waals surface area (Å²) in [5.74, 6) is 0.191.